The zero-order valence-corrected chi connectivity index (χ0v) is 9.15. The highest BCUT2D eigenvalue weighted by Gasteiger charge is 2.18. The highest BCUT2D eigenvalue weighted by atomic mass is 16.6. The highest BCUT2D eigenvalue weighted by molar-refractivity contribution is 5.87. The lowest BCUT2D eigenvalue weighted by Crippen LogP contribution is -2.24. The van der Waals surface area contributed by atoms with Crippen LogP contribution in [-0.2, 0) is 11.3 Å². The number of aromatic nitrogens is 2. The number of esters is 1. The average molecular weight is 209 g/mol. The maximum Gasteiger partial charge on any atom is 0.359 e. The Hall–Kier alpha value is -1.49. The molecule has 1 heterocycles. The quantitative estimate of drug-likeness (QED) is 0.732. The maximum absolute atomic E-state index is 11.5. The van der Waals surface area contributed by atoms with Crippen LogP contribution in [0.2, 0.25) is 0 Å². The van der Waals surface area contributed by atoms with Gasteiger partial charge in [-0.1, -0.05) is 0 Å². The van der Waals surface area contributed by atoms with Gasteiger partial charge in [-0.05, 0) is 20.8 Å². The average Bonchev–Trinajstić information content (AvgIpc) is 2.15. The molecule has 0 aliphatic heterocycles. The molecule has 1 rings (SSSR count). The van der Waals surface area contributed by atoms with Gasteiger partial charge in [0.15, 0.2) is 5.69 Å². The second kappa shape index (κ2) is 4.35. The summed E-state index contributed by atoms with van der Waals surface area (Å²) in [7, 11) is 0. The summed E-state index contributed by atoms with van der Waals surface area (Å²) in [6, 6.07) is 0. The van der Waals surface area contributed by atoms with Crippen LogP contribution in [-0.4, -0.2) is 21.5 Å². The Bertz CT molecular complexity index is 341. The van der Waals surface area contributed by atoms with Gasteiger partial charge in [0.2, 0.25) is 0 Å². The normalized spacial score (nSPS) is 11.2. The van der Waals surface area contributed by atoms with Crippen LogP contribution in [0.1, 0.15) is 37.0 Å². The number of carbonyl (C=O) groups excluding carboxylic acids is 1. The number of carbonyl (C=O) groups is 1. The Labute approximate surface area is 88.7 Å². The van der Waals surface area contributed by atoms with Crippen molar-refractivity contribution in [1.29, 1.82) is 0 Å². The van der Waals surface area contributed by atoms with Crippen LogP contribution in [0, 0.1) is 0 Å². The van der Waals surface area contributed by atoms with E-state index in [0.29, 0.717) is 12.2 Å². The van der Waals surface area contributed by atoms with Gasteiger partial charge in [-0.3, -0.25) is 4.98 Å². The molecule has 82 valence electrons. The molecule has 5 heteroatoms. The molecule has 0 spiro atoms. The largest absolute Gasteiger partial charge is 0.455 e. The molecule has 0 saturated carbocycles. The van der Waals surface area contributed by atoms with Gasteiger partial charge in [-0.2, -0.15) is 0 Å². The lowest BCUT2D eigenvalue weighted by Gasteiger charge is -2.18. The smallest absolute Gasteiger partial charge is 0.359 e. The first-order valence-corrected chi connectivity index (χ1v) is 4.67. The number of ether oxygens (including phenoxy) is 1. The fraction of sp³-hybridized carbons (Fsp3) is 0.500. The molecule has 0 atom stereocenters. The summed E-state index contributed by atoms with van der Waals surface area (Å²) in [6.45, 7) is 5.70. The minimum Gasteiger partial charge on any atom is -0.455 e. The van der Waals surface area contributed by atoms with E-state index in [1.165, 1.54) is 12.4 Å². The predicted octanol–water partition coefficient (Wildman–Crippen LogP) is 0.891. The summed E-state index contributed by atoms with van der Waals surface area (Å²) in [6.07, 6.45) is 2.84. The molecule has 0 aromatic carbocycles. The molecule has 15 heavy (non-hydrogen) atoms. The Morgan fingerprint density at radius 1 is 1.40 bits per heavy atom. The maximum atomic E-state index is 11.5. The van der Waals surface area contributed by atoms with Crippen molar-refractivity contribution in [2.45, 2.75) is 32.9 Å². The molecule has 0 fully saturated rings. The molecule has 0 aliphatic carbocycles. The Morgan fingerprint density at radius 3 is 2.47 bits per heavy atom. The zero-order chi connectivity index (χ0) is 11.5. The molecule has 0 bridgehead atoms. The van der Waals surface area contributed by atoms with E-state index in [0.717, 1.165) is 0 Å². The highest BCUT2D eigenvalue weighted by Crippen LogP contribution is 2.10. The lowest BCUT2D eigenvalue weighted by atomic mass is 10.2. The van der Waals surface area contributed by atoms with Gasteiger partial charge in [0.05, 0.1) is 18.1 Å². The standard InChI is InChI=1S/C10H15N3O2/c1-10(2,3)15-9(14)8-6-12-7(4-11)5-13-8/h5-6H,4,11H2,1-3H3. The summed E-state index contributed by atoms with van der Waals surface area (Å²) in [5, 5.41) is 0. The van der Waals surface area contributed by atoms with E-state index >= 15 is 0 Å². The van der Waals surface area contributed by atoms with Crippen LogP contribution >= 0.6 is 0 Å². The van der Waals surface area contributed by atoms with Gasteiger partial charge in [-0.15, -0.1) is 0 Å². The molecule has 0 aliphatic rings. The first kappa shape index (κ1) is 11.6. The molecule has 2 N–H and O–H groups in total. The Balaban J connectivity index is 2.75. The van der Waals surface area contributed by atoms with E-state index in [4.69, 9.17) is 10.5 Å². The van der Waals surface area contributed by atoms with Gasteiger partial charge < -0.3 is 10.5 Å². The summed E-state index contributed by atoms with van der Waals surface area (Å²) >= 11 is 0. The van der Waals surface area contributed by atoms with Crippen molar-refractivity contribution in [3.05, 3.63) is 23.8 Å². The van der Waals surface area contributed by atoms with Gasteiger partial charge in [0, 0.05) is 6.54 Å². The summed E-state index contributed by atoms with van der Waals surface area (Å²) in [5.74, 6) is -0.474. The Morgan fingerprint density at radius 2 is 2.07 bits per heavy atom. The van der Waals surface area contributed by atoms with Gasteiger partial charge in [0.1, 0.15) is 5.60 Å². The van der Waals surface area contributed by atoms with Crippen LogP contribution < -0.4 is 5.73 Å². The molecule has 0 unspecified atom stereocenters. The summed E-state index contributed by atoms with van der Waals surface area (Å²) < 4.78 is 5.12. The van der Waals surface area contributed by atoms with E-state index in [9.17, 15) is 4.79 Å². The first-order valence-electron chi connectivity index (χ1n) is 4.67. The third-order valence-corrected chi connectivity index (χ3v) is 1.52. The van der Waals surface area contributed by atoms with Crippen LogP contribution in [0.3, 0.4) is 0 Å². The zero-order valence-electron chi connectivity index (χ0n) is 9.15. The molecule has 0 radical (unpaired) electrons. The number of rotatable bonds is 2. The molecule has 5 nitrogen and oxygen atoms in total. The minimum absolute atomic E-state index is 0.196. The van der Waals surface area contributed by atoms with Crippen molar-refractivity contribution in [3.63, 3.8) is 0 Å². The van der Waals surface area contributed by atoms with E-state index in [1.54, 1.807) is 20.8 Å². The van der Waals surface area contributed by atoms with E-state index < -0.39 is 11.6 Å². The second-order valence-electron chi connectivity index (χ2n) is 4.10. The first-order chi connectivity index (χ1) is 6.92. The number of nitrogens with zero attached hydrogens (tertiary/aromatic N) is 2. The fourth-order valence-electron chi connectivity index (χ4n) is 0.896. The Kier molecular flexibility index (Phi) is 3.36. The van der Waals surface area contributed by atoms with E-state index in [2.05, 4.69) is 9.97 Å². The van der Waals surface area contributed by atoms with Gasteiger partial charge in [0.25, 0.3) is 0 Å². The molecular formula is C10H15N3O2. The molecule has 0 amide bonds. The van der Waals surface area contributed by atoms with Gasteiger partial charge >= 0.3 is 5.97 Å². The molecule has 1 aromatic rings. The van der Waals surface area contributed by atoms with Crippen LogP contribution in [0.5, 0.6) is 0 Å². The topological polar surface area (TPSA) is 78.1 Å². The van der Waals surface area contributed by atoms with Crippen LogP contribution in [0.4, 0.5) is 0 Å². The van der Waals surface area contributed by atoms with Crippen molar-refractivity contribution in [1.82, 2.24) is 9.97 Å². The third kappa shape index (κ3) is 3.63. The fourth-order valence-corrected chi connectivity index (χ4v) is 0.896. The van der Waals surface area contributed by atoms with Crippen molar-refractivity contribution in [3.8, 4) is 0 Å². The number of hydrogen-bond acceptors (Lipinski definition) is 5. The lowest BCUT2D eigenvalue weighted by molar-refractivity contribution is 0.00623. The monoisotopic (exact) mass is 209 g/mol. The van der Waals surface area contributed by atoms with Crippen LogP contribution in [0.15, 0.2) is 12.4 Å². The van der Waals surface area contributed by atoms with Crippen molar-refractivity contribution in [2.75, 3.05) is 0 Å². The van der Waals surface area contributed by atoms with E-state index in [-0.39, 0.29) is 5.69 Å². The second-order valence-corrected chi connectivity index (χ2v) is 4.10. The van der Waals surface area contributed by atoms with Crippen molar-refractivity contribution in [2.24, 2.45) is 5.73 Å². The minimum atomic E-state index is -0.523. The number of hydrogen-bond donors (Lipinski definition) is 1. The molecule has 0 saturated heterocycles. The SMILES string of the molecule is CC(C)(C)OC(=O)c1cnc(CN)cn1. The van der Waals surface area contributed by atoms with Crippen LogP contribution in [0.25, 0.3) is 0 Å². The van der Waals surface area contributed by atoms with E-state index in [1.807, 2.05) is 0 Å². The van der Waals surface area contributed by atoms with Crippen molar-refractivity contribution >= 4 is 5.97 Å². The molecular weight excluding hydrogens is 194 g/mol. The summed E-state index contributed by atoms with van der Waals surface area (Å²) in [4.78, 5) is 19.4. The number of nitrogens with two attached hydrogens (primary N) is 1. The molecule has 1 aromatic heterocycles. The predicted molar refractivity (Wildman–Crippen MR) is 55.1 cm³/mol. The van der Waals surface area contributed by atoms with Gasteiger partial charge in [-0.25, -0.2) is 9.78 Å². The summed E-state index contributed by atoms with van der Waals surface area (Å²) in [5.41, 5.74) is 5.67. The van der Waals surface area contributed by atoms with Crippen molar-refractivity contribution < 1.29 is 9.53 Å². The third-order valence-electron chi connectivity index (χ3n) is 1.52.